The summed E-state index contributed by atoms with van der Waals surface area (Å²) in [5, 5.41) is 16.9. The second-order valence-corrected chi connectivity index (χ2v) is 2.00. The van der Waals surface area contributed by atoms with E-state index in [1.54, 1.807) is 0 Å². The van der Waals surface area contributed by atoms with Crippen LogP contribution in [0.1, 0.15) is 13.3 Å². The summed E-state index contributed by atoms with van der Waals surface area (Å²) < 4.78 is 4.45. The van der Waals surface area contributed by atoms with Crippen LogP contribution in [-0.2, 0) is 9.53 Å². The van der Waals surface area contributed by atoms with Gasteiger partial charge in [0.2, 0.25) is 0 Å². The van der Waals surface area contributed by atoms with Crippen LogP contribution in [-0.4, -0.2) is 35.5 Å². The van der Waals surface area contributed by atoms with Crippen LogP contribution in [0.3, 0.4) is 0 Å². The van der Waals surface area contributed by atoms with Gasteiger partial charge < -0.3 is 14.9 Å². The molecule has 1 unspecified atom stereocenters. The molecule has 0 spiro atoms. The van der Waals surface area contributed by atoms with Crippen molar-refractivity contribution in [3.8, 4) is 0 Å². The Balaban J connectivity index is 3.26. The van der Waals surface area contributed by atoms with Crippen LogP contribution in [0.25, 0.3) is 0 Å². The van der Waals surface area contributed by atoms with Crippen LogP contribution >= 0.6 is 0 Å². The predicted octanol–water partition coefficient (Wildman–Crippen LogP) is -0.707. The molecule has 4 heteroatoms. The van der Waals surface area contributed by atoms with Crippen LogP contribution in [0.5, 0.6) is 0 Å². The van der Waals surface area contributed by atoms with Gasteiger partial charge in [-0.2, -0.15) is 0 Å². The molecule has 0 rings (SSSR count). The normalized spacial score (nSPS) is 12.7. The lowest BCUT2D eigenvalue weighted by atomic mass is 10.3. The van der Waals surface area contributed by atoms with Crippen molar-refractivity contribution in [2.75, 3.05) is 13.2 Å². The molecule has 60 valence electrons. The highest BCUT2D eigenvalue weighted by Gasteiger charge is 2.05. The number of rotatable bonds is 4. The van der Waals surface area contributed by atoms with E-state index in [4.69, 9.17) is 10.2 Å². The van der Waals surface area contributed by atoms with Gasteiger partial charge in [0.25, 0.3) is 0 Å². The minimum atomic E-state index is -0.675. The largest absolute Gasteiger partial charge is 0.463 e. The molecule has 0 aromatic heterocycles. The Morgan fingerprint density at radius 1 is 1.70 bits per heavy atom. The average Bonchev–Trinajstić information content (AvgIpc) is 1.82. The third-order valence-corrected chi connectivity index (χ3v) is 0.816. The third kappa shape index (κ3) is 5.53. The smallest absolute Gasteiger partial charge is 0.308 e. The molecule has 0 aliphatic heterocycles. The molecule has 0 aliphatic carbocycles. The van der Waals surface area contributed by atoms with E-state index in [-0.39, 0.29) is 19.6 Å². The number of hydrogen-bond donors (Lipinski definition) is 2. The van der Waals surface area contributed by atoms with Crippen LogP contribution in [0.4, 0.5) is 0 Å². The van der Waals surface area contributed by atoms with Gasteiger partial charge in [0.05, 0.1) is 19.1 Å². The van der Waals surface area contributed by atoms with Crippen molar-refractivity contribution in [3.05, 3.63) is 0 Å². The maximum atomic E-state index is 10.5. The number of aliphatic hydroxyl groups is 2. The summed E-state index contributed by atoms with van der Waals surface area (Å²) in [6, 6.07) is 0. The van der Waals surface area contributed by atoms with Crippen molar-refractivity contribution in [3.63, 3.8) is 0 Å². The summed E-state index contributed by atoms with van der Waals surface area (Å²) in [6.45, 7) is 1.33. The number of hydrogen-bond acceptors (Lipinski definition) is 4. The van der Waals surface area contributed by atoms with Gasteiger partial charge in [0.1, 0.15) is 6.61 Å². The molecule has 0 aromatic carbocycles. The molecule has 0 radical (unpaired) electrons. The molecule has 0 saturated heterocycles. The molecule has 0 heterocycles. The van der Waals surface area contributed by atoms with E-state index in [9.17, 15) is 4.79 Å². The van der Waals surface area contributed by atoms with Gasteiger partial charge in [-0.05, 0) is 6.92 Å². The lowest BCUT2D eigenvalue weighted by Crippen LogP contribution is -2.14. The maximum Gasteiger partial charge on any atom is 0.308 e. The summed E-state index contributed by atoms with van der Waals surface area (Å²) in [5.74, 6) is -0.482. The summed E-state index contributed by atoms with van der Waals surface area (Å²) >= 11 is 0. The highest BCUT2D eigenvalue weighted by Crippen LogP contribution is 1.91. The molecule has 4 nitrogen and oxygen atoms in total. The van der Waals surface area contributed by atoms with Gasteiger partial charge in [0, 0.05) is 0 Å². The molecule has 0 amide bonds. The van der Waals surface area contributed by atoms with E-state index in [1.807, 2.05) is 0 Å². The number of ether oxygens (including phenoxy) is 1. The van der Waals surface area contributed by atoms with E-state index in [1.165, 1.54) is 6.92 Å². The molecular formula is C6H12O4. The molecule has 0 bridgehead atoms. The number of esters is 1. The Bertz CT molecular complexity index is 99.9. The van der Waals surface area contributed by atoms with Crippen LogP contribution in [0.2, 0.25) is 0 Å². The summed E-state index contributed by atoms with van der Waals surface area (Å²) in [4.78, 5) is 10.5. The number of aliphatic hydroxyl groups excluding tert-OH is 2. The van der Waals surface area contributed by atoms with Crippen LogP contribution in [0, 0.1) is 0 Å². The SMILES string of the molecule is CC(O)CC(=O)OCCO. The minimum absolute atomic E-state index is 0.00551. The number of carbonyl (C=O) groups is 1. The highest BCUT2D eigenvalue weighted by atomic mass is 16.5. The Hall–Kier alpha value is -0.610. The fourth-order valence-electron chi connectivity index (χ4n) is 0.460. The highest BCUT2D eigenvalue weighted by molar-refractivity contribution is 5.69. The number of carbonyl (C=O) groups excluding carboxylic acids is 1. The van der Waals surface area contributed by atoms with Crippen LogP contribution < -0.4 is 0 Å². The van der Waals surface area contributed by atoms with E-state index < -0.39 is 12.1 Å². The first-order chi connectivity index (χ1) is 4.66. The van der Waals surface area contributed by atoms with Crippen molar-refractivity contribution >= 4 is 5.97 Å². The standard InChI is InChI=1S/C6H12O4/c1-5(8)4-6(9)10-3-2-7/h5,7-8H,2-4H2,1H3. The lowest BCUT2D eigenvalue weighted by Gasteiger charge is -2.03. The first-order valence-corrected chi connectivity index (χ1v) is 3.11. The first-order valence-electron chi connectivity index (χ1n) is 3.11. The van der Waals surface area contributed by atoms with Crippen molar-refractivity contribution in [1.82, 2.24) is 0 Å². The van der Waals surface area contributed by atoms with Crippen molar-refractivity contribution < 1.29 is 19.7 Å². The van der Waals surface area contributed by atoms with E-state index in [0.717, 1.165) is 0 Å². The molecular weight excluding hydrogens is 136 g/mol. The van der Waals surface area contributed by atoms with Gasteiger partial charge in [0.15, 0.2) is 0 Å². The second kappa shape index (κ2) is 5.20. The van der Waals surface area contributed by atoms with Gasteiger partial charge >= 0.3 is 5.97 Å². The third-order valence-electron chi connectivity index (χ3n) is 0.816. The van der Waals surface area contributed by atoms with E-state index in [0.29, 0.717) is 0 Å². The Morgan fingerprint density at radius 3 is 2.70 bits per heavy atom. The summed E-state index contributed by atoms with van der Waals surface area (Å²) in [7, 11) is 0. The fourth-order valence-corrected chi connectivity index (χ4v) is 0.460. The second-order valence-electron chi connectivity index (χ2n) is 2.00. The predicted molar refractivity (Wildman–Crippen MR) is 34.3 cm³/mol. The van der Waals surface area contributed by atoms with E-state index in [2.05, 4.69) is 4.74 Å². The zero-order valence-corrected chi connectivity index (χ0v) is 5.91. The van der Waals surface area contributed by atoms with E-state index >= 15 is 0 Å². The Kier molecular flexibility index (Phi) is 4.88. The molecule has 10 heavy (non-hydrogen) atoms. The quantitative estimate of drug-likeness (QED) is 0.517. The van der Waals surface area contributed by atoms with Crippen molar-refractivity contribution in [2.24, 2.45) is 0 Å². The van der Waals surface area contributed by atoms with Crippen molar-refractivity contribution in [1.29, 1.82) is 0 Å². The lowest BCUT2D eigenvalue weighted by molar-refractivity contribution is -0.146. The van der Waals surface area contributed by atoms with Gasteiger partial charge in [-0.1, -0.05) is 0 Å². The van der Waals surface area contributed by atoms with Gasteiger partial charge in [-0.25, -0.2) is 0 Å². The maximum absolute atomic E-state index is 10.5. The van der Waals surface area contributed by atoms with Crippen LogP contribution in [0.15, 0.2) is 0 Å². The first kappa shape index (κ1) is 9.39. The molecule has 2 N–H and O–H groups in total. The van der Waals surface area contributed by atoms with Gasteiger partial charge in [-0.3, -0.25) is 4.79 Å². The zero-order chi connectivity index (χ0) is 7.98. The summed E-state index contributed by atoms with van der Waals surface area (Å²) in [5.41, 5.74) is 0. The average molecular weight is 148 g/mol. The van der Waals surface area contributed by atoms with Gasteiger partial charge in [-0.15, -0.1) is 0 Å². The molecule has 0 fully saturated rings. The fraction of sp³-hybridized carbons (Fsp3) is 0.833. The summed E-state index contributed by atoms with van der Waals surface area (Å²) in [6.07, 6.45) is -0.689. The monoisotopic (exact) mass is 148 g/mol. The Labute approximate surface area is 59.4 Å². The molecule has 1 atom stereocenters. The zero-order valence-electron chi connectivity index (χ0n) is 5.91. The van der Waals surface area contributed by atoms with Crippen molar-refractivity contribution in [2.45, 2.75) is 19.4 Å². The Morgan fingerprint density at radius 2 is 2.30 bits per heavy atom. The molecule has 0 aromatic rings. The minimum Gasteiger partial charge on any atom is -0.463 e. The molecule has 0 saturated carbocycles. The topological polar surface area (TPSA) is 66.8 Å². The molecule has 0 aliphatic rings.